The van der Waals surface area contributed by atoms with E-state index in [0.717, 1.165) is 24.3 Å². The lowest BCUT2D eigenvalue weighted by molar-refractivity contribution is 0.412. The Morgan fingerprint density at radius 3 is 2.79 bits per heavy atom. The Kier molecular flexibility index (Phi) is 4.66. The number of allylic oxidation sites excluding steroid dienone is 2. The summed E-state index contributed by atoms with van der Waals surface area (Å²) in [7, 11) is 0. The van der Waals surface area contributed by atoms with Gasteiger partial charge in [-0.1, -0.05) is 11.6 Å². The molecule has 1 aliphatic heterocycles. The maximum atomic E-state index is 11.9. The van der Waals surface area contributed by atoms with E-state index in [9.17, 15) is 9.90 Å². The van der Waals surface area contributed by atoms with Crippen LogP contribution < -0.4 is 5.56 Å². The van der Waals surface area contributed by atoms with Gasteiger partial charge in [0.25, 0.3) is 5.56 Å². The zero-order chi connectivity index (χ0) is 13.8. The van der Waals surface area contributed by atoms with E-state index in [1.165, 1.54) is 10.1 Å². The first-order valence-electron chi connectivity index (χ1n) is 6.07. The van der Waals surface area contributed by atoms with Gasteiger partial charge in [-0.25, -0.2) is 0 Å². The third-order valence-electron chi connectivity index (χ3n) is 3.00. The third kappa shape index (κ3) is 3.19. The second-order valence-electron chi connectivity index (χ2n) is 4.31. The number of nitrogens with zero attached hydrogens (tertiary/aromatic N) is 1. The van der Waals surface area contributed by atoms with Gasteiger partial charge >= 0.3 is 0 Å². The Labute approximate surface area is 120 Å². The number of rotatable bonds is 3. The molecule has 0 aliphatic carbocycles. The van der Waals surface area contributed by atoms with E-state index in [4.69, 9.17) is 12.2 Å². The van der Waals surface area contributed by atoms with Crippen LogP contribution >= 0.6 is 24.0 Å². The Hall–Kier alpha value is -1.27. The van der Waals surface area contributed by atoms with Crippen LogP contribution in [0.15, 0.2) is 23.0 Å². The van der Waals surface area contributed by atoms with Gasteiger partial charge < -0.3 is 5.11 Å². The number of hydrogen-bond donors (Lipinski definition) is 2. The van der Waals surface area contributed by atoms with Crippen LogP contribution in [-0.2, 0) is 6.54 Å². The van der Waals surface area contributed by atoms with E-state index in [1.54, 1.807) is 12.2 Å². The molecule has 102 valence electrons. The summed E-state index contributed by atoms with van der Waals surface area (Å²) in [4.78, 5) is 14.5. The van der Waals surface area contributed by atoms with Crippen LogP contribution in [0.25, 0.3) is 6.08 Å². The molecule has 1 aliphatic rings. The highest BCUT2D eigenvalue weighted by atomic mass is 32.2. The number of aromatic hydroxyl groups is 1. The first-order chi connectivity index (χ1) is 9.13. The van der Waals surface area contributed by atoms with Crippen molar-refractivity contribution in [2.45, 2.75) is 19.4 Å². The number of thioether (sulfide) groups is 1. The molecule has 1 aromatic heterocycles. The Morgan fingerprint density at radius 2 is 2.16 bits per heavy atom. The minimum Gasteiger partial charge on any atom is -0.494 e. The molecule has 2 rings (SSSR count). The van der Waals surface area contributed by atoms with Crippen LogP contribution in [0.3, 0.4) is 0 Å². The molecular weight excluding hydrogens is 280 g/mol. The van der Waals surface area contributed by atoms with Crippen LogP contribution in [0.2, 0.25) is 0 Å². The second-order valence-corrected chi connectivity index (χ2v) is 5.92. The molecule has 0 aromatic carbocycles. The van der Waals surface area contributed by atoms with Gasteiger partial charge in [-0.3, -0.25) is 14.3 Å². The summed E-state index contributed by atoms with van der Waals surface area (Å²) in [5, 5.41) is 10.2. The van der Waals surface area contributed by atoms with Gasteiger partial charge in [0.05, 0.1) is 5.56 Å². The fraction of sp³-hybridized carbons (Fsp3) is 0.385. The van der Waals surface area contributed by atoms with Crippen LogP contribution in [-0.4, -0.2) is 26.2 Å². The van der Waals surface area contributed by atoms with Crippen molar-refractivity contribution in [2.75, 3.05) is 11.5 Å². The van der Waals surface area contributed by atoms with Crippen LogP contribution in [0.1, 0.15) is 18.4 Å². The molecule has 1 saturated heterocycles. The first-order valence-corrected chi connectivity index (χ1v) is 7.64. The molecule has 1 fully saturated rings. The van der Waals surface area contributed by atoms with E-state index < -0.39 is 0 Å². The third-order valence-corrected chi connectivity index (χ3v) is 4.31. The van der Waals surface area contributed by atoms with Gasteiger partial charge in [0.15, 0.2) is 4.77 Å². The highest BCUT2D eigenvalue weighted by Gasteiger charge is 2.12. The number of H-pyrrole nitrogens is 1. The van der Waals surface area contributed by atoms with Crippen LogP contribution in [0, 0.1) is 4.77 Å². The summed E-state index contributed by atoms with van der Waals surface area (Å²) >= 11 is 6.94. The van der Waals surface area contributed by atoms with E-state index in [1.807, 2.05) is 11.8 Å². The van der Waals surface area contributed by atoms with Crippen molar-refractivity contribution in [1.29, 1.82) is 0 Å². The molecule has 0 radical (unpaired) electrons. The zero-order valence-electron chi connectivity index (χ0n) is 10.5. The predicted octanol–water partition coefficient (Wildman–Crippen LogP) is 2.71. The molecule has 2 N–H and O–H groups in total. The maximum Gasteiger partial charge on any atom is 0.262 e. The SMILES string of the molecule is C=CCn1c(O)c(C=C2CCSCC2)c(=O)[nH]c1=S. The highest BCUT2D eigenvalue weighted by Crippen LogP contribution is 2.25. The lowest BCUT2D eigenvalue weighted by Gasteiger charge is -2.14. The Balaban J connectivity index is 2.50. The maximum absolute atomic E-state index is 11.9. The van der Waals surface area contributed by atoms with E-state index in [2.05, 4.69) is 11.6 Å². The summed E-state index contributed by atoms with van der Waals surface area (Å²) in [5.41, 5.74) is 1.15. The van der Waals surface area contributed by atoms with Crippen molar-refractivity contribution >= 4 is 30.1 Å². The fourth-order valence-electron chi connectivity index (χ4n) is 1.99. The number of aromatic amines is 1. The van der Waals surface area contributed by atoms with Crippen molar-refractivity contribution < 1.29 is 5.11 Å². The lowest BCUT2D eigenvalue weighted by Crippen LogP contribution is -2.17. The summed E-state index contributed by atoms with van der Waals surface area (Å²) in [5.74, 6) is 2.05. The molecule has 19 heavy (non-hydrogen) atoms. The molecule has 6 heteroatoms. The van der Waals surface area contributed by atoms with Gasteiger partial charge in [-0.15, -0.1) is 6.58 Å². The summed E-state index contributed by atoms with van der Waals surface area (Å²) in [6.45, 7) is 3.99. The van der Waals surface area contributed by atoms with Gasteiger partial charge in [-0.05, 0) is 42.6 Å². The molecule has 0 spiro atoms. The first kappa shape index (κ1) is 14.1. The Morgan fingerprint density at radius 1 is 1.47 bits per heavy atom. The fourth-order valence-corrected chi connectivity index (χ4v) is 3.26. The number of hydrogen-bond acceptors (Lipinski definition) is 4. The van der Waals surface area contributed by atoms with E-state index >= 15 is 0 Å². The van der Waals surface area contributed by atoms with E-state index in [0.29, 0.717) is 6.54 Å². The molecule has 0 bridgehead atoms. The van der Waals surface area contributed by atoms with Gasteiger partial charge in [-0.2, -0.15) is 11.8 Å². The average Bonchev–Trinajstić information content (AvgIpc) is 2.41. The van der Waals surface area contributed by atoms with Crippen molar-refractivity contribution in [1.82, 2.24) is 9.55 Å². The van der Waals surface area contributed by atoms with Gasteiger partial charge in [0.2, 0.25) is 5.88 Å². The zero-order valence-corrected chi connectivity index (χ0v) is 12.1. The van der Waals surface area contributed by atoms with Crippen molar-refractivity contribution in [3.05, 3.63) is 38.9 Å². The molecule has 0 amide bonds. The second kappa shape index (κ2) is 6.25. The summed E-state index contributed by atoms with van der Waals surface area (Å²) in [6, 6.07) is 0. The molecule has 2 heterocycles. The van der Waals surface area contributed by atoms with Crippen molar-refractivity contribution in [3.63, 3.8) is 0 Å². The molecule has 0 saturated carbocycles. The Bertz CT molecular complexity index is 621. The minimum absolute atomic E-state index is 0.0839. The standard InChI is InChI=1S/C13H16N2O2S2/c1-2-5-15-12(17)10(11(16)14-13(15)18)8-9-3-6-19-7-4-9/h2,8,17H,1,3-7H2,(H,14,16,18). The predicted molar refractivity (Wildman–Crippen MR) is 82.3 cm³/mol. The smallest absolute Gasteiger partial charge is 0.262 e. The average molecular weight is 296 g/mol. The molecule has 1 aromatic rings. The molecule has 0 atom stereocenters. The molecule has 0 unspecified atom stereocenters. The largest absolute Gasteiger partial charge is 0.494 e. The van der Waals surface area contributed by atoms with E-state index in [-0.39, 0.29) is 21.8 Å². The van der Waals surface area contributed by atoms with Crippen LogP contribution in [0.5, 0.6) is 5.88 Å². The number of nitrogens with one attached hydrogen (secondary N) is 1. The molecule has 4 nitrogen and oxygen atoms in total. The van der Waals surface area contributed by atoms with Crippen LogP contribution in [0.4, 0.5) is 0 Å². The monoisotopic (exact) mass is 296 g/mol. The van der Waals surface area contributed by atoms with Crippen molar-refractivity contribution in [2.24, 2.45) is 0 Å². The normalized spacial score (nSPS) is 15.3. The molecular formula is C13H16N2O2S2. The number of aromatic nitrogens is 2. The minimum atomic E-state index is -0.339. The lowest BCUT2D eigenvalue weighted by atomic mass is 10.1. The summed E-state index contributed by atoms with van der Waals surface area (Å²) < 4.78 is 1.68. The summed E-state index contributed by atoms with van der Waals surface area (Å²) in [6.07, 6.45) is 5.34. The topological polar surface area (TPSA) is 58.0 Å². The quantitative estimate of drug-likeness (QED) is 0.665. The van der Waals surface area contributed by atoms with Gasteiger partial charge in [0, 0.05) is 6.54 Å². The van der Waals surface area contributed by atoms with Crippen molar-refractivity contribution in [3.8, 4) is 5.88 Å². The van der Waals surface area contributed by atoms with Gasteiger partial charge in [0.1, 0.15) is 0 Å². The highest BCUT2D eigenvalue weighted by molar-refractivity contribution is 7.99.